The first-order valence-corrected chi connectivity index (χ1v) is 16.5. The molecule has 0 amide bonds. The molecule has 0 radical (unpaired) electrons. The van der Waals surface area contributed by atoms with Gasteiger partial charge < -0.3 is 0 Å². The zero-order valence-electron chi connectivity index (χ0n) is 29.5. The summed E-state index contributed by atoms with van der Waals surface area (Å²) in [4.78, 5) is 12.7. The van der Waals surface area contributed by atoms with Crippen molar-refractivity contribution in [2.75, 3.05) is 0 Å². The topological polar surface area (TPSA) is 38.7 Å². The maximum atomic E-state index is 4.25. The molecule has 0 saturated carbocycles. The van der Waals surface area contributed by atoms with Crippen LogP contribution in [-0.2, 0) is 0 Å². The molecule has 3 heteroatoms. The van der Waals surface area contributed by atoms with Gasteiger partial charge in [0.25, 0.3) is 0 Å². The fourth-order valence-corrected chi connectivity index (χ4v) is 3.43. The molecular formula is C44H59N3. The third-order valence-corrected chi connectivity index (χ3v) is 5.20. The number of rotatable bonds is 3. The monoisotopic (exact) mass is 629 g/mol. The quantitative estimate of drug-likeness (QED) is 0.195. The van der Waals surface area contributed by atoms with E-state index < -0.39 is 0 Å². The fraction of sp³-hybridized carbons (Fsp3) is 0.250. The van der Waals surface area contributed by atoms with Crippen molar-refractivity contribution in [2.24, 2.45) is 5.92 Å². The van der Waals surface area contributed by atoms with Crippen LogP contribution in [0.25, 0.3) is 33.8 Å². The van der Waals surface area contributed by atoms with Crippen molar-refractivity contribution in [1.29, 1.82) is 0 Å². The molecule has 47 heavy (non-hydrogen) atoms. The molecule has 3 aromatic carbocycles. The lowest BCUT2D eigenvalue weighted by Crippen LogP contribution is -1.79. The number of hydrogen-bond acceptors (Lipinski definition) is 3. The Balaban J connectivity index is 0. The minimum atomic E-state index is 0. The van der Waals surface area contributed by atoms with E-state index >= 15 is 0 Å². The Morgan fingerprint density at radius 2 is 0.511 bits per heavy atom. The lowest BCUT2D eigenvalue weighted by Gasteiger charge is -1.97. The van der Waals surface area contributed by atoms with Crippen molar-refractivity contribution in [3.63, 3.8) is 0 Å². The van der Waals surface area contributed by atoms with Crippen LogP contribution in [-0.4, -0.2) is 15.0 Å². The van der Waals surface area contributed by atoms with Crippen molar-refractivity contribution in [2.45, 2.75) is 69.7 Å². The molecule has 0 saturated heterocycles. The number of hydrogen-bond donors (Lipinski definition) is 0. The maximum Gasteiger partial charge on any atom is 0.0701 e. The highest BCUT2D eigenvalue weighted by Crippen LogP contribution is 2.16. The van der Waals surface area contributed by atoms with E-state index in [0.717, 1.165) is 39.7 Å². The average molecular weight is 630 g/mol. The summed E-state index contributed by atoms with van der Waals surface area (Å²) in [5.74, 6) is 0.833. The number of benzene rings is 3. The van der Waals surface area contributed by atoms with Crippen molar-refractivity contribution in [3.8, 4) is 33.8 Å². The largest absolute Gasteiger partial charge is 0.256 e. The fourth-order valence-electron chi connectivity index (χ4n) is 3.43. The van der Waals surface area contributed by atoms with Crippen LogP contribution < -0.4 is 0 Å². The van der Waals surface area contributed by atoms with Gasteiger partial charge in [-0.1, -0.05) is 179 Å². The molecule has 0 atom stereocenters. The molecule has 6 aromatic rings. The van der Waals surface area contributed by atoms with Gasteiger partial charge in [0.05, 0.1) is 17.1 Å². The molecular weight excluding hydrogens is 571 g/mol. The van der Waals surface area contributed by atoms with Crippen LogP contribution in [0.5, 0.6) is 0 Å². The maximum absolute atomic E-state index is 4.25. The smallest absolute Gasteiger partial charge is 0.0701 e. The van der Waals surface area contributed by atoms with Crippen molar-refractivity contribution < 1.29 is 0 Å². The summed E-state index contributed by atoms with van der Waals surface area (Å²) in [6, 6.07) is 48.3. The highest BCUT2D eigenvalue weighted by atomic mass is 14.7. The molecule has 3 aromatic heterocycles. The van der Waals surface area contributed by atoms with Crippen LogP contribution >= 0.6 is 0 Å². The summed E-state index contributed by atoms with van der Waals surface area (Å²) in [6.07, 6.45) is 5.42. The van der Waals surface area contributed by atoms with Gasteiger partial charge in [0.1, 0.15) is 0 Å². The number of pyridine rings is 3. The molecule has 250 valence electrons. The Bertz CT molecular complexity index is 1130. The second kappa shape index (κ2) is 31.1. The van der Waals surface area contributed by atoms with Crippen molar-refractivity contribution in [1.82, 2.24) is 15.0 Å². The first-order chi connectivity index (χ1) is 22.6. The Hall–Kier alpha value is -4.89. The highest BCUT2D eigenvalue weighted by Gasteiger charge is 1.95. The molecule has 0 fully saturated rings. The minimum Gasteiger partial charge on any atom is -0.256 e. The van der Waals surface area contributed by atoms with Gasteiger partial charge in [-0.3, -0.25) is 15.0 Å². The van der Waals surface area contributed by atoms with Gasteiger partial charge in [-0.25, -0.2) is 0 Å². The molecule has 0 bridgehead atoms. The Kier molecular flexibility index (Phi) is 29.3. The van der Waals surface area contributed by atoms with Crippen LogP contribution in [0, 0.1) is 5.92 Å². The van der Waals surface area contributed by atoms with E-state index in [1.54, 1.807) is 0 Å². The van der Waals surface area contributed by atoms with Gasteiger partial charge in [-0.05, 0) is 42.3 Å². The summed E-state index contributed by atoms with van der Waals surface area (Å²) in [6.45, 7) is 18.5. The second-order valence-corrected chi connectivity index (χ2v) is 9.48. The first kappa shape index (κ1) is 44.2. The molecule has 0 aliphatic heterocycles. The van der Waals surface area contributed by atoms with Gasteiger partial charge in [-0.2, -0.15) is 0 Å². The predicted molar refractivity (Wildman–Crippen MR) is 210 cm³/mol. The minimum absolute atomic E-state index is 0. The SMILES string of the molecule is C.CC.CC.CC.CC(C)C.c1ccc(-c2ccccn2)cc1.c1ccc(-c2ccccn2)cc1.c1ccc(-c2ccccn2)cc1. The number of nitrogens with zero attached hydrogens (tertiary/aromatic N) is 3. The van der Waals surface area contributed by atoms with E-state index in [1.165, 1.54) is 0 Å². The summed E-state index contributed by atoms with van der Waals surface area (Å²) in [5, 5.41) is 0. The van der Waals surface area contributed by atoms with E-state index in [2.05, 4.69) is 72.1 Å². The second-order valence-electron chi connectivity index (χ2n) is 9.48. The lowest BCUT2D eigenvalue weighted by atomic mass is 10.1. The molecule has 0 unspecified atom stereocenters. The third-order valence-electron chi connectivity index (χ3n) is 5.20. The molecule has 0 N–H and O–H groups in total. The van der Waals surface area contributed by atoms with Crippen LogP contribution in [0.1, 0.15) is 69.7 Å². The summed E-state index contributed by atoms with van der Waals surface area (Å²) in [7, 11) is 0. The molecule has 6 rings (SSSR count). The van der Waals surface area contributed by atoms with E-state index in [4.69, 9.17) is 0 Å². The van der Waals surface area contributed by atoms with Crippen LogP contribution in [0.4, 0.5) is 0 Å². The van der Waals surface area contributed by atoms with Crippen molar-refractivity contribution >= 4 is 0 Å². The van der Waals surface area contributed by atoms with Gasteiger partial charge in [-0.15, -0.1) is 0 Å². The molecule has 3 nitrogen and oxygen atoms in total. The van der Waals surface area contributed by atoms with Crippen LogP contribution in [0.2, 0.25) is 0 Å². The van der Waals surface area contributed by atoms with Gasteiger partial charge >= 0.3 is 0 Å². The van der Waals surface area contributed by atoms with Gasteiger partial charge in [0, 0.05) is 35.3 Å². The van der Waals surface area contributed by atoms with E-state index in [1.807, 2.05) is 169 Å². The Morgan fingerprint density at radius 3 is 0.681 bits per heavy atom. The summed E-state index contributed by atoms with van der Waals surface area (Å²) < 4.78 is 0. The summed E-state index contributed by atoms with van der Waals surface area (Å²) in [5.41, 5.74) is 6.57. The third kappa shape index (κ3) is 20.7. The molecule has 0 spiro atoms. The van der Waals surface area contributed by atoms with Gasteiger partial charge in [0.2, 0.25) is 0 Å². The lowest BCUT2D eigenvalue weighted by molar-refractivity contribution is 0.737. The normalized spacial score (nSPS) is 8.55. The van der Waals surface area contributed by atoms with E-state index in [0.29, 0.717) is 0 Å². The number of aromatic nitrogens is 3. The van der Waals surface area contributed by atoms with Crippen LogP contribution in [0.3, 0.4) is 0 Å². The van der Waals surface area contributed by atoms with Crippen LogP contribution in [0.15, 0.2) is 164 Å². The Morgan fingerprint density at radius 1 is 0.319 bits per heavy atom. The Labute approximate surface area is 287 Å². The zero-order valence-corrected chi connectivity index (χ0v) is 29.5. The highest BCUT2D eigenvalue weighted by molar-refractivity contribution is 5.59. The zero-order chi connectivity index (χ0) is 34.3. The summed E-state index contributed by atoms with van der Waals surface area (Å²) >= 11 is 0. The van der Waals surface area contributed by atoms with E-state index in [-0.39, 0.29) is 7.43 Å². The standard InChI is InChI=1S/3C11H9N.C4H10.3C2H6.CH4/c3*1-2-6-10(7-3-1)11-8-4-5-9-12-11;1-4(2)3;3*1-2;/h3*1-9H;4H,1-3H3;3*1-2H3;1H4. The predicted octanol–water partition coefficient (Wildman–Crippen LogP) is 13.6. The average Bonchev–Trinajstić information content (AvgIpc) is 3.17. The van der Waals surface area contributed by atoms with Gasteiger partial charge in [0.15, 0.2) is 0 Å². The van der Waals surface area contributed by atoms with E-state index in [9.17, 15) is 0 Å². The molecule has 0 aliphatic carbocycles. The first-order valence-electron chi connectivity index (χ1n) is 16.5. The molecule has 3 heterocycles. The van der Waals surface area contributed by atoms with Crippen molar-refractivity contribution in [3.05, 3.63) is 164 Å². The molecule has 0 aliphatic rings.